The van der Waals surface area contributed by atoms with E-state index in [0.717, 1.165) is 23.9 Å². The Balaban J connectivity index is 1.18. The molecule has 0 saturated heterocycles. The molecule has 5 aromatic rings. The molecule has 0 atom stereocenters. The van der Waals surface area contributed by atoms with Crippen LogP contribution in [-0.4, -0.2) is 70.6 Å². The first-order chi connectivity index (χ1) is 21.2. The van der Waals surface area contributed by atoms with Gasteiger partial charge in [-0.15, -0.1) is 0 Å². The van der Waals surface area contributed by atoms with Crippen LogP contribution in [0.5, 0.6) is 17.2 Å². The van der Waals surface area contributed by atoms with Crippen molar-refractivity contribution >= 4 is 33.8 Å². The molecule has 0 spiro atoms. The average molecular weight is 594 g/mol. The van der Waals surface area contributed by atoms with Gasteiger partial charge < -0.3 is 24.9 Å². The van der Waals surface area contributed by atoms with Crippen LogP contribution < -0.4 is 14.8 Å². The van der Waals surface area contributed by atoms with Gasteiger partial charge in [0.05, 0.1) is 30.7 Å². The number of imidazole rings is 1. The molecule has 3 aromatic carbocycles. The highest BCUT2D eigenvalue weighted by Gasteiger charge is 2.45. The topological polar surface area (TPSA) is 130 Å². The molecule has 10 heteroatoms. The van der Waals surface area contributed by atoms with Gasteiger partial charge in [0.1, 0.15) is 22.5 Å². The predicted octanol–water partition coefficient (Wildman–Crippen LogP) is 4.98. The van der Waals surface area contributed by atoms with E-state index < -0.39 is 5.41 Å². The SMILES string of the molecule is COc1ccc(CCNCCCN2C(=O)c3c(ccc4[nH]c(-c5ccc6cccc(O)c6n5)nc34)C(C)(C)C2=O)cc1OC. The maximum atomic E-state index is 13.9. The number of hydrogen-bond donors (Lipinski definition) is 3. The second kappa shape index (κ2) is 11.6. The number of carbonyl (C=O) groups excluding carboxylic acids is 2. The first-order valence-electron chi connectivity index (χ1n) is 14.6. The van der Waals surface area contributed by atoms with Gasteiger partial charge in [-0.3, -0.25) is 14.5 Å². The number of carbonyl (C=O) groups is 2. The zero-order chi connectivity index (χ0) is 31.0. The van der Waals surface area contributed by atoms with Crippen LogP contribution in [0.25, 0.3) is 33.5 Å². The minimum atomic E-state index is -0.898. The molecule has 6 rings (SSSR count). The number of imide groups is 1. The minimum Gasteiger partial charge on any atom is -0.506 e. The van der Waals surface area contributed by atoms with Crippen molar-refractivity contribution < 1.29 is 24.2 Å². The molecule has 2 aromatic heterocycles. The maximum absolute atomic E-state index is 13.9. The number of benzene rings is 3. The molecule has 0 aliphatic carbocycles. The Labute approximate surface area is 255 Å². The molecule has 3 heterocycles. The van der Waals surface area contributed by atoms with Crippen LogP contribution in [-0.2, 0) is 16.6 Å². The molecule has 0 bridgehead atoms. The molecule has 2 amide bonds. The summed E-state index contributed by atoms with van der Waals surface area (Å²) in [6.07, 6.45) is 1.41. The molecule has 226 valence electrons. The number of fused-ring (bicyclic) bond motifs is 4. The summed E-state index contributed by atoms with van der Waals surface area (Å²) in [5.41, 5.74) is 3.50. The zero-order valence-electron chi connectivity index (χ0n) is 25.2. The van der Waals surface area contributed by atoms with Crippen LogP contribution in [0.15, 0.2) is 60.7 Å². The normalized spacial score (nSPS) is 14.3. The lowest BCUT2D eigenvalue weighted by atomic mass is 9.76. The summed E-state index contributed by atoms with van der Waals surface area (Å²) in [5.74, 6) is 1.38. The number of nitrogens with zero attached hydrogens (tertiary/aromatic N) is 3. The van der Waals surface area contributed by atoms with E-state index >= 15 is 0 Å². The van der Waals surface area contributed by atoms with Crippen LogP contribution in [0.3, 0.4) is 0 Å². The van der Waals surface area contributed by atoms with Crippen LogP contribution in [0, 0.1) is 0 Å². The van der Waals surface area contributed by atoms with Crippen molar-refractivity contribution in [1.29, 1.82) is 0 Å². The van der Waals surface area contributed by atoms with Crippen LogP contribution in [0.1, 0.15) is 41.8 Å². The van der Waals surface area contributed by atoms with Crippen molar-refractivity contribution in [3.05, 3.63) is 77.4 Å². The van der Waals surface area contributed by atoms with Gasteiger partial charge in [-0.1, -0.05) is 30.3 Å². The summed E-state index contributed by atoms with van der Waals surface area (Å²) in [6, 6.07) is 18.5. The Morgan fingerprint density at radius 1 is 0.932 bits per heavy atom. The number of phenolic OH excluding ortho intramolecular Hbond substituents is 1. The molecular formula is C34H35N5O5. The lowest BCUT2D eigenvalue weighted by Crippen LogP contribution is -2.52. The van der Waals surface area contributed by atoms with E-state index in [9.17, 15) is 14.7 Å². The summed E-state index contributed by atoms with van der Waals surface area (Å²) >= 11 is 0. The van der Waals surface area contributed by atoms with E-state index in [0.29, 0.717) is 70.2 Å². The number of nitrogens with one attached hydrogen (secondary N) is 2. The summed E-state index contributed by atoms with van der Waals surface area (Å²) in [6.45, 7) is 5.38. The minimum absolute atomic E-state index is 0.0828. The van der Waals surface area contributed by atoms with Gasteiger partial charge >= 0.3 is 0 Å². The van der Waals surface area contributed by atoms with E-state index in [4.69, 9.17) is 14.5 Å². The number of pyridine rings is 1. The second-order valence-electron chi connectivity index (χ2n) is 11.4. The number of amides is 2. The van der Waals surface area contributed by atoms with E-state index in [-0.39, 0.29) is 17.6 Å². The zero-order valence-corrected chi connectivity index (χ0v) is 25.2. The van der Waals surface area contributed by atoms with Gasteiger partial charge in [0.25, 0.3) is 5.91 Å². The average Bonchev–Trinajstić information content (AvgIpc) is 3.47. The summed E-state index contributed by atoms with van der Waals surface area (Å²) < 4.78 is 10.7. The Kier molecular flexibility index (Phi) is 7.69. The number of hydrogen-bond acceptors (Lipinski definition) is 8. The van der Waals surface area contributed by atoms with E-state index in [1.807, 2.05) is 62.4 Å². The Bertz CT molecular complexity index is 1900. The number of rotatable bonds is 10. The summed E-state index contributed by atoms with van der Waals surface area (Å²) in [5, 5.41) is 14.5. The van der Waals surface area contributed by atoms with Gasteiger partial charge in [0.15, 0.2) is 17.3 Å². The van der Waals surface area contributed by atoms with Gasteiger partial charge in [-0.05, 0) is 81.2 Å². The molecule has 1 aliphatic heterocycles. The molecule has 3 N–H and O–H groups in total. The fraction of sp³-hybridized carbons (Fsp3) is 0.294. The first-order valence-corrected chi connectivity index (χ1v) is 14.6. The van der Waals surface area contributed by atoms with E-state index in [1.54, 1.807) is 26.4 Å². The van der Waals surface area contributed by atoms with Crippen molar-refractivity contribution in [2.75, 3.05) is 33.9 Å². The molecule has 44 heavy (non-hydrogen) atoms. The Hall–Kier alpha value is -4.96. The molecule has 10 nitrogen and oxygen atoms in total. The maximum Gasteiger partial charge on any atom is 0.263 e. The largest absolute Gasteiger partial charge is 0.506 e. The number of aromatic amines is 1. The third-order valence-electron chi connectivity index (χ3n) is 8.28. The Morgan fingerprint density at radius 3 is 2.55 bits per heavy atom. The standard InChI is InChI=1S/C34H35N5O5/c1-34(2)22-11-13-23-30(38-31(37-23)24-12-10-21-7-5-8-25(40)29(21)36-24)28(22)32(41)39(33(34)42)18-6-16-35-17-15-20-9-14-26(43-3)27(19-20)44-4/h5,7-14,19,35,40H,6,15-18H2,1-4H3,(H,37,38). The molecule has 0 fully saturated rings. The summed E-state index contributed by atoms with van der Waals surface area (Å²) in [7, 11) is 3.23. The number of H-pyrrole nitrogens is 1. The van der Waals surface area contributed by atoms with Crippen molar-refractivity contribution in [3.8, 4) is 28.8 Å². The van der Waals surface area contributed by atoms with E-state index in [1.165, 1.54) is 4.90 Å². The highest BCUT2D eigenvalue weighted by atomic mass is 16.5. The quantitative estimate of drug-likeness (QED) is 0.153. The highest BCUT2D eigenvalue weighted by Crippen LogP contribution is 2.38. The smallest absolute Gasteiger partial charge is 0.263 e. The number of methoxy groups -OCH3 is 2. The third kappa shape index (κ3) is 5.11. The molecule has 0 radical (unpaired) electrons. The monoisotopic (exact) mass is 593 g/mol. The number of aromatic hydroxyl groups is 1. The molecular weight excluding hydrogens is 558 g/mol. The predicted molar refractivity (Wildman–Crippen MR) is 168 cm³/mol. The van der Waals surface area contributed by atoms with Crippen LogP contribution in [0.4, 0.5) is 0 Å². The molecule has 1 aliphatic rings. The van der Waals surface area contributed by atoms with Crippen LogP contribution >= 0.6 is 0 Å². The van der Waals surface area contributed by atoms with Gasteiger partial charge in [0.2, 0.25) is 5.91 Å². The van der Waals surface area contributed by atoms with Gasteiger partial charge in [-0.25, -0.2) is 9.97 Å². The second-order valence-corrected chi connectivity index (χ2v) is 11.4. The molecule has 0 unspecified atom stereocenters. The number of ether oxygens (including phenoxy) is 2. The van der Waals surface area contributed by atoms with Crippen molar-refractivity contribution in [3.63, 3.8) is 0 Å². The Morgan fingerprint density at radius 2 is 1.75 bits per heavy atom. The van der Waals surface area contributed by atoms with E-state index in [2.05, 4.69) is 15.3 Å². The van der Waals surface area contributed by atoms with Crippen LogP contribution in [0.2, 0.25) is 0 Å². The van der Waals surface area contributed by atoms with Gasteiger partial charge in [0, 0.05) is 11.9 Å². The van der Waals surface area contributed by atoms with Crippen molar-refractivity contribution in [2.24, 2.45) is 0 Å². The number of aromatic nitrogens is 3. The van der Waals surface area contributed by atoms with Crippen molar-refractivity contribution in [1.82, 2.24) is 25.2 Å². The number of para-hydroxylation sites is 1. The lowest BCUT2D eigenvalue weighted by molar-refractivity contribution is -0.134. The third-order valence-corrected chi connectivity index (χ3v) is 8.28. The lowest BCUT2D eigenvalue weighted by Gasteiger charge is -2.37. The van der Waals surface area contributed by atoms with Crippen molar-refractivity contribution in [2.45, 2.75) is 32.1 Å². The summed E-state index contributed by atoms with van der Waals surface area (Å²) in [4.78, 5) is 41.5. The number of phenols is 1. The molecule has 0 saturated carbocycles. The fourth-order valence-corrected chi connectivity index (χ4v) is 5.84. The fourth-order valence-electron chi connectivity index (χ4n) is 5.84. The first kappa shape index (κ1) is 29.1. The highest BCUT2D eigenvalue weighted by molar-refractivity contribution is 6.18. The van der Waals surface area contributed by atoms with Gasteiger partial charge in [-0.2, -0.15) is 0 Å².